The van der Waals surface area contributed by atoms with Gasteiger partial charge in [-0.15, -0.1) is 0 Å². The minimum absolute atomic E-state index is 0.551. The molecule has 2 rings (SSSR count). The number of nitrogens with one attached hydrogen (secondary N) is 1. The van der Waals surface area contributed by atoms with Gasteiger partial charge in [0.05, 0.1) is 5.69 Å². The Bertz CT molecular complexity index is 337. The van der Waals surface area contributed by atoms with Gasteiger partial charge in [-0.25, -0.2) is 4.98 Å². The van der Waals surface area contributed by atoms with Crippen LogP contribution in [0, 0.1) is 12.8 Å². The second-order valence-electron chi connectivity index (χ2n) is 4.97. The zero-order valence-electron chi connectivity index (χ0n) is 10.7. The Kier molecular flexibility index (Phi) is 3.52. The van der Waals surface area contributed by atoms with E-state index in [0.29, 0.717) is 6.04 Å². The first kappa shape index (κ1) is 11.5. The van der Waals surface area contributed by atoms with Gasteiger partial charge in [0.1, 0.15) is 0 Å². The Morgan fingerprint density at radius 2 is 2.19 bits per heavy atom. The van der Waals surface area contributed by atoms with Crippen molar-refractivity contribution in [1.82, 2.24) is 9.55 Å². The second kappa shape index (κ2) is 4.89. The van der Waals surface area contributed by atoms with Crippen LogP contribution in [0.2, 0.25) is 0 Å². The molecule has 1 saturated carbocycles. The maximum atomic E-state index is 4.54. The first-order valence-corrected chi connectivity index (χ1v) is 6.51. The first-order chi connectivity index (χ1) is 7.70. The van der Waals surface area contributed by atoms with Crippen LogP contribution in [0.4, 0.5) is 5.95 Å². The van der Waals surface area contributed by atoms with Crippen LogP contribution in [-0.4, -0.2) is 15.6 Å². The topological polar surface area (TPSA) is 29.9 Å². The molecule has 90 valence electrons. The molecular formula is C13H23N3. The van der Waals surface area contributed by atoms with Gasteiger partial charge in [0.25, 0.3) is 0 Å². The molecule has 0 bridgehead atoms. The lowest BCUT2D eigenvalue weighted by Crippen LogP contribution is -2.25. The highest BCUT2D eigenvalue weighted by Gasteiger charge is 2.22. The van der Waals surface area contributed by atoms with Crippen molar-refractivity contribution in [3.8, 4) is 0 Å². The highest BCUT2D eigenvalue weighted by molar-refractivity contribution is 5.30. The smallest absolute Gasteiger partial charge is 0.203 e. The van der Waals surface area contributed by atoms with Crippen molar-refractivity contribution in [2.75, 3.05) is 5.32 Å². The van der Waals surface area contributed by atoms with E-state index in [-0.39, 0.29) is 0 Å². The molecular weight excluding hydrogens is 198 g/mol. The predicted molar refractivity (Wildman–Crippen MR) is 67.7 cm³/mol. The molecule has 3 heteroatoms. The van der Waals surface area contributed by atoms with E-state index in [1.54, 1.807) is 0 Å². The Labute approximate surface area is 98.3 Å². The molecule has 0 saturated heterocycles. The zero-order chi connectivity index (χ0) is 11.5. The molecule has 1 aromatic heterocycles. The van der Waals surface area contributed by atoms with Crippen LogP contribution in [-0.2, 0) is 6.54 Å². The third kappa shape index (κ3) is 2.39. The number of aryl methyl sites for hydroxylation is 2. The minimum Gasteiger partial charge on any atom is -0.353 e. The molecule has 1 fully saturated rings. The van der Waals surface area contributed by atoms with E-state index in [0.717, 1.165) is 24.1 Å². The van der Waals surface area contributed by atoms with E-state index >= 15 is 0 Å². The van der Waals surface area contributed by atoms with Gasteiger partial charge in [0.15, 0.2) is 0 Å². The molecule has 1 unspecified atom stereocenters. The van der Waals surface area contributed by atoms with Crippen molar-refractivity contribution in [3.05, 3.63) is 11.9 Å². The van der Waals surface area contributed by atoms with Gasteiger partial charge in [-0.3, -0.25) is 0 Å². The number of rotatable bonds is 4. The predicted octanol–water partition coefficient (Wildman–Crippen LogP) is 3.20. The van der Waals surface area contributed by atoms with Gasteiger partial charge in [-0.2, -0.15) is 0 Å². The fourth-order valence-electron chi connectivity index (χ4n) is 2.68. The van der Waals surface area contributed by atoms with E-state index in [4.69, 9.17) is 0 Å². The van der Waals surface area contributed by atoms with Gasteiger partial charge in [0.2, 0.25) is 5.95 Å². The zero-order valence-corrected chi connectivity index (χ0v) is 10.7. The normalized spacial score (nSPS) is 18.9. The maximum absolute atomic E-state index is 4.54. The Morgan fingerprint density at radius 1 is 1.50 bits per heavy atom. The van der Waals surface area contributed by atoms with Crippen LogP contribution in [0.15, 0.2) is 6.20 Å². The summed E-state index contributed by atoms with van der Waals surface area (Å²) in [5.41, 5.74) is 1.10. The fourth-order valence-corrected chi connectivity index (χ4v) is 2.68. The average Bonchev–Trinajstić information content (AvgIpc) is 2.87. The summed E-state index contributed by atoms with van der Waals surface area (Å²) in [6, 6.07) is 0.551. The number of hydrogen-bond donors (Lipinski definition) is 1. The van der Waals surface area contributed by atoms with Crippen molar-refractivity contribution in [3.63, 3.8) is 0 Å². The lowest BCUT2D eigenvalue weighted by Gasteiger charge is -2.21. The monoisotopic (exact) mass is 221 g/mol. The van der Waals surface area contributed by atoms with Crippen molar-refractivity contribution >= 4 is 5.95 Å². The molecule has 1 N–H and O–H groups in total. The molecule has 1 atom stereocenters. The lowest BCUT2D eigenvalue weighted by molar-refractivity contribution is 0.478. The van der Waals surface area contributed by atoms with Crippen LogP contribution < -0.4 is 5.32 Å². The van der Waals surface area contributed by atoms with E-state index in [9.17, 15) is 0 Å². The van der Waals surface area contributed by atoms with Crippen LogP contribution in [0.1, 0.15) is 45.2 Å². The van der Waals surface area contributed by atoms with Crippen molar-refractivity contribution in [1.29, 1.82) is 0 Å². The summed E-state index contributed by atoms with van der Waals surface area (Å²) < 4.78 is 2.20. The van der Waals surface area contributed by atoms with Crippen molar-refractivity contribution in [2.24, 2.45) is 5.92 Å². The summed E-state index contributed by atoms with van der Waals surface area (Å²) in [5.74, 6) is 1.88. The summed E-state index contributed by atoms with van der Waals surface area (Å²) >= 11 is 0. The molecule has 0 radical (unpaired) electrons. The summed E-state index contributed by atoms with van der Waals surface area (Å²) in [5, 5.41) is 3.58. The summed E-state index contributed by atoms with van der Waals surface area (Å²) in [6.07, 6.45) is 7.67. The highest BCUT2D eigenvalue weighted by Crippen LogP contribution is 2.29. The Hall–Kier alpha value is -0.990. The van der Waals surface area contributed by atoms with E-state index in [1.165, 1.54) is 25.7 Å². The lowest BCUT2D eigenvalue weighted by atomic mass is 10.0. The summed E-state index contributed by atoms with van der Waals surface area (Å²) in [4.78, 5) is 4.54. The minimum atomic E-state index is 0.551. The summed E-state index contributed by atoms with van der Waals surface area (Å²) in [6.45, 7) is 7.49. The number of aromatic nitrogens is 2. The molecule has 0 aliphatic heterocycles. The number of nitrogens with zero attached hydrogens (tertiary/aromatic N) is 2. The van der Waals surface area contributed by atoms with E-state index in [1.807, 2.05) is 0 Å². The number of anilines is 1. The molecule has 3 nitrogen and oxygen atoms in total. The third-order valence-electron chi connectivity index (χ3n) is 3.70. The quantitative estimate of drug-likeness (QED) is 0.846. The standard InChI is InChI=1S/C13H23N3/c1-4-16-9-10(2)14-13(16)15-11(3)12-7-5-6-8-12/h9,11-12H,4-8H2,1-3H3,(H,14,15). The van der Waals surface area contributed by atoms with E-state index in [2.05, 4.69) is 41.8 Å². The van der Waals surface area contributed by atoms with Gasteiger partial charge in [-0.05, 0) is 39.5 Å². The fraction of sp³-hybridized carbons (Fsp3) is 0.769. The van der Waals surface area contributed by atoms with Gasteiger partial charge in [0, 0.05) is 18.8 Å². The van der Waals surface area contributed by atoms with Crippen LogP contribution >= 0.6 is 0 Å². The number of imidazole rings is 1. The molecule has 0 amide bonds. The highest BCUT2D eigenvalue weighted by atomic mass is 15.2. The molecule has 1 aliphatic rings. The average molecular weight is 221 g/mol. The van der Waals surface area contributed by atoms with Gasteiger partial charge in [-0.1, -0.05) is 12.8 Å². The molecule has 0 aromatic carbocycles. The molecule has 1 aliphatic carbocycles. The van der Waals surface area contributed by atoms with Gasteiger partial charge >= 0.3 is 0 Å². The van der Waals surface area contributed by atoms with Crippen LogP contribution in [0.5, 0.6) is 0 Å². The Balaban J connectivity index is 2.01. The molecule has 16 heavy (non-hydrogen) atoms. The van der Waals surface area contributed by atoms with Crippen LogP contribution in [0.3, 0.4) is 0 Å². The first-order valence-electron chi connectivity index (χ1n) is 6.51. The Morgan fingerprint density at radius 3 is 2.81 bits per heavy atom. The molecule has 1 aromatic rings. The van der Waals surface area contributed by atoms with Crippen LogP contribution in [0.25, 0.3) is 0 Å². The third-order valence-corrected chi connectivity index (χ3v) is 3.70. The maximum Gasteiger partial charge on any atom is 0.203 e. The largest absolute Gasteiger partial charge is 0.353 e. The van der Waals surface area contributed by atoms with Gasteiger partial charge < -0.3 is 9.88 Å². The second-order valence-corrected chi connectivity index (χ2v) is 4.97. The SMILES string of the molecule is CCn1cc(C)nc1NC(C)C1CCCC1. The number of hydrogen-bond acceptors (Lipinski definition) is 2. The van der Waals surface area contributed by atoms with Crippen molar-refractivity contribution in [2.45, 2.75) is 59.0 Å². The van der Waals surface area contributed by atoms with Crippen molar-refractivity contribution < 1.29 is 0 Å². The molecule has 0 spiro atoms. The van der Waals surface area contributed by atoms with E-state index < -0.39 is 0 Å². The summed E-state index contributed by atoms with van der Waals surface area (Å²) in [7, 11) is 0. The molecule has 1 heterocycles.